The molecule has 1 saturated carbocycles. The number of hydrogen-bond donors (Lipinski definition) is 1. The maximum absolute atomic E-state index is 4.47. The third-order valence-corrected chi connectivity index (χ3v) is 5.66. The number of rotatable bonds is 7. The van der Waals surface area contributed by atoms with Crippen molar-refractivity contribution in [1.29, 1.82) is 0 Å². The molecule has 1 unspecified atom stereocenters. The highest BCUT2D eigenvalue weighted by molar-refractivity contribution is 5.79. The molecular formula is C18H37N5. The molecule has 0 bridgehead atoms. The zero-order valence-electron chi connectivity index (χ0n) is 15.7. The van der Waals surface area contributed by atoms with Crippen LogP contribution in [0.25, 0.3) is 0 Å². The van der Waals surface area contributed by atoms with Gasteiger partial charge in [-0.15, -0.1) is 0 Å². The summed E-state index contributed by atoms with van der Waals surface area (Å²) in [6.07, 6.45) is 8.22. The van der Waals surface area contributed by atoms with Crippen molar-refractivity contribution in [3.8, 4) is 0 Å². The van der Waals surface area contributed by atoms with Gasteiger partial charge in [-0.1, -0.05) is 19.8 Å². The van der Waals surface area contributed by atoms with Crippen molar-refractivity contribution in [2.45, 2.75) is 57.5 Å². The number of nitrogens with one attached hydrogen (secondary N) is 1. The molecule has 0 aromatic rings. The molecule has 1 aliphatic carbocycles. The minimum absolute atomic E-state index is 0.685. The first-order valence-electron chi connectivity index (χ1n) is 9.51. The minimum atomic E-state index is 0.685. The summed E-state index contributed by atoms with van der Waals surface area (Å²) in [5, 5.41) is 3.55. The number of nitrogens with zero attached hydrogens (tertiary/aromatic N) is 4. The lowest BCUT2D eigenvalue weighted by molar-refractivity contribution is 0.230. The Kier molecular flexibility index (Phi) is 7.63. The van der Waals surface area contributed by atoms with Crippen molar-refractivity contribution in [2.75, 3.05) is 53.9 Å². The number of hydrogen-bond acceptors (Lipinski definition) is 3. The van der Waals surface area contributed by atoms with Crippen LogP contribution in [-0.4, -0.2) is 86.6 Å². The third kappa shape index (κ3) is 5.35. The van der Waals surface area contributed by atoms with E-state index in [2.05, 4.69) is 46.0 Å². The first-order valence-corrected chi connectivity index (χ1v) is 9.51. The molecule has 23 heavy (non-hydrogen) atoms. The second-order valence-corrected chi connectivity index (χ2v) is 7.20. The molecular weight excluding hydrogens is 286 g/mol. The molecule has 1 aliphatic heterocycles. The van der Waals surface area contributed by atoms with E-state index >= 15 is 0 Å². The lowest BCUT2D eigenvalue weighted by Crippen LogP contribution is -2.47. The van der Waals surface area contributed by atoms with E-state index in [1.54, 1.807) is 0 Å². The number of guanidine groups is 1. The Morgan fingerprint density at radius 2 is 1.91 bits per heavy atom. The van der Waals surface area contributed by atoms with Crippen LogP contribution in [-0.2, 0) is 0 Å². The molecule has 2 aliphatic rings. The van der Waals surface area contributed by atoms with Gasteiger partial charge in [0, 0.05) is 45.8 Å². The van der Waals surface area contributed by atoms with Crippen molar-refractivity contribution >= 4 is 5.96 Å². The van der Waals surface area contributed by atoms with E-state index in [4.69, 9.17) is 0 Å². The molecule has 5 heteroatoms. The van der Waals surface area contributed by atoms with E-state index in [1.807, 2.05) is 7.05 Å². The van der Waals surface area contributed by atoms with E-state index in [9.17, 15) is 0 Å². The standard InChI is InChI=1S/C18H37N5/c1-5-23-13-8-11-17(23)15-22(4)18(19-2)20-12-14-21(3)16-9-6-7-10-16/h16-17H,5-15H2,1-4H3,(H,19,20). The summed E-state index contributed by atoms with van der Waals surface area (Å²) >= 11 is 0. The number of likely N-dealkylation sites (N-methyl/N-ethyl adjacent to an activating group) is 3. The number of likely N-dealkylation sites (tertiary alicyclic amines) is 1. The molecule has 0 radical (unpaired) electrons. The van der Waals surface area contributed by atoms with Crippen LogP contribution in [0.5, 0.6) is 0 Å². The smallest absolute Gasteiger partial charge is 0.193 e. The predicted molar refractivity (Wildman–Crippen MR) is 99.1 cm³/mol. The van der Waals surface area contributed by atoms with Gasteiger partial charge in [0.25, 0.3) is 0 Å². The summed E-state index contributed by atoms with van der Waals surface area (Å²) in [6.45, 7) is 7.84. The highest BCUT2D eigenvalue weighted by Crippen LogP contribution is 2.21. The molecule has 2 rings (SSSR count). The van der Waals surface area contributed by atoms with E-state index in [0.717, 1.165) is 38.2 Å². The van der Waals surface area contributed by atoms with Gasteiger partial charge in [0.1, 0.15) is 0 Å². The van der Waals surface area contributed by atoms with E-state index in [-0.39, 0.29) is 0 Å². The molecule has 1 saturated heterocycles. The highest BCUT2D eigenvalue weighted by Gasteiger charge is 2.25. The Hall–Kier alpha value is -0.810. The van der Waals surface area contributed by atoms with Crippen LogP contribution in [0.2, 0.25) is 0 Å². The topological polar surface area (TPSA) is 34.1 Å². The van der Waals surface area contributed by atoms with Crippen LogP contribution in [0.1, 0.15) is 45.4 Å². The summed E-state index contributed by atoms with van der Waals surface area (Å²) in [6, 6.07) is 1.48. The van der Waals surface area contributed by atoms with Crippen LogP contribution < -0.4 is 5.32 Å². The van der Waals surface area contributed by atoms with Gasteiger partial charge in [-0.25, -0.2) is 0 Å². The average molecular weight is 324 g/mol. The first kappa shape index (κ1) is 18.5. The Bertz CT molecular complexity index is 364. The molecule has 1 heterocycles. The van der Waals surface area contributed by atoms with Crippen molar-refractivity contribution in [1.82, 2.24) is 20.0 Å². The maximum Gasteiger partial charge on any atom is 0.193 e. The monoisotopic (exact) mass is 323 g/mol. The van der Waals surface area contributed by atoms with Gasteiger partial charge in [0.2, 0.25) is 0 Å². The van der Waals surface area contributed by atoms with E-state index in [0.29, 0.717) is 6.04 Å². The minimum Gasteiger partial charge on any atom is -0.355 e. The zero-order valence-corrected chi connectivity index (χ0v) is 15.7. The molecule has 0 spiro atoms. The molecule has 134 valence electrons. The van der Waals surface area contributed by atoms with Crippen molar-refractivity contribution in [3.63, 3.8) is 0 Å². The van der Waals surface area contributed by atoms with Gasteiger partial charge in [-0.3, -0.25) is 9.89 Å². The van der Waals surface area contributed by atoms with Gasteiger partial charge in [0.05, 0.1) is 0 Å². The highest BCUT2D eigenvalue weighted by atomic mass is 15.3. The average Bonchev–Trinajstić information content (AvgIpc) is 3.22. The van der Waals surface area contributed by atoms with Crippen LogP contribution in [0.3, 0.4) is 0 Å². The van der Waals surface area contributed by atoms with Crippen molar-refractivity contribution in [2.24, 2.45) is 4.99 Å². The molecule has 1 N–H and O–H groups in total. The molecule has 0 aromatic heterocycles. The summed E-state index contributed by atoms with van der Waals surface area (Å²) < 4.78 is 0. The first-order chi connectivity index (χ1) is 11.2. The number of aliphatic imine (C=N–C) groups is 1. The largest absolute Gasteiger partial charge is 0.355 e. The lowest BCUT2D eigenvalue weighted by atomic mass is 10.2. The fourth-order valence-corrected chi connectivity index (χ4v) is 4.18. The van der Waals surface area contributed by atoms with E-state index < -0.39 is 0 Å². The molecule has 5 nitrogen and oxygen atoms in total. The fourth-order valence-electron chi connectivity index (χ4n) is 4.18. The molecule has 0 aromatic carbocycles. The third-order valence-electron chi connectivity index (χ3n) is 5.66. The van der Waals surface area contributed by atoms with Crippen molar-refractivity contribution in [3.05, 3.63) is 0 Å². The quantitative estimate of drug-likeness (QED) is 0.573. The van der Waals surface area contributed by atoms with Gasteiger partial charge in [-0.2, -0.15) is 0 Å². The van der Waals surface area contributed by atoms with Crippen molar-refractivity contribution < 1.29 is 0 Å². The fraction of sp³-hybridized carbons (Fsp3) is 0.944. The second-order valence-electron chi connectivity index (χ2n) is 7.20. The summed E-state index contributed by atoms with van der Waals surface area (Å²) in [5.41, 5.74) is 0. The summed E-state index contributed by atoms with van der Waals surface area (Å²) in [5.74, 6) is 1.03. The Morgan fingerprint density at radius 3 is 2.57 bits per heavy atom. The van der Waals surface area contributed by atoms with Crippen LogP contribution in [0.15, 0.2) is 4.99 Å². The molecule has 2 fully saturated rings. The van der Waals surface area contributed by atoms with Gasteiger partial charge in [-0.05, 0) is 45.8 Å². The predicted octanol–water partition coefficient (Wildman–Crippen LogP) is 1.85. The second kappa shape index (κ2) is 9.48. The Morgan fingerprint density at radius 1 is 1.17 bits per heavy atom. The lowest BCUT2D eigenvalue weighted by Gasteiger charge is -2.30. The molecule has 1 atom stereocenters. The van der Waals surface area contributed by atoms with Gasteiger partial charge < -0.3 is 15.1 Å². The van der Waals surface area contributed by atoms with Crippen LogP contribution in [0, 0.1) is 0 Å². The van der Waals surface area contributed by atoms with Crippen LogP contribution >= 0.6 is 0 Å². The van der Waals surface area contributed by atoms with Gasteiger partial charge >= 0.3 is 0 Å². The normalized spacial score (nSPS) is 23.9. The maximum atomic E-state index is 4.47. The van der Waals surface area contributed by atoms with Gasteiger partial charge in [0.15, 0.2) is 5.96 Å². The Balaban J connectivity index is 1.71. The molecule has 0 amide bonds. The SMILES string of the molecule is CCN1CCCC1CN(C)C(=NC)NCCN(C)C1CCCC1. The summed E-state index contributed by atoms with van der Waals surface area (Å²) in [7, 11) is 6.33. The van der Waals surface area contributed by atoms with Crippen LogP contribution in [0.4, 0.5) is 0 Å². The summed E-state index contributed by atoms with van der Waals surface area (Å²) in [4.78, 5) is 11.9. The zero-order chi connectivity index (χ0) is 16.7. The Labute approximate surface area is 143 Å². The van der Waals surface area contributed by atoms with E-state index in [1.165, 1.54) is 45.1 Å².